The molecule has 0 fully saturated rings. The van der Waals surface area contributed by atoms with Gasteiger partial charge in [0.15, 0.2) is 5.60 Å². The first kappa shape index (κ1) is 17.4. The number of hydrogen-bond donors (Lipinski definition) is 1. The third-order valence-electron chi connectivity index (χ3n) is 4.45. The molecule has 1 aliphatic heterocycles. The van der Waals surface area contributed by atoms with E-state index < -0.39 is 17.5 Å². The number of ether oxygens (including phenoxy) is 1. The zero-order chi connectivity index (χ0) is 18.9. The summed E-state index contributed by atoms with van der Waals surface area (Å²) in [6.45, 7) is 1.61. The molecule has 0 spiro atoms. The average molecular weight is 379 g/mol. The molecule has 0 saturated carbocycles. The quantitative estimate of drug-likeness (QED) is 0.704. The van der Waals surface area contributed by atoms with Gasteiger partial charge in [-0.25, -0.2) is 4.79 Å². The van der Waals surface area contributed by atoms with Crippen LogP contribution in [-0.4, -0.2) is 27.7 Å². The molecular formula is C20H17N3O3S. The number of esters is 1. The molecule has 136 valence electrons. The Kier molecular flexibility index (Phi) is 4.45. The Balaban J connectivity index is 1.47. The molecule has 2 aromatic carbocycles. The summed E-state index contributed by atoms with van der Waals surface area (Å²) in [4.78, 5) is 25.0. The van der Waals surface area contributed by atoms with Crippen molar-refractivity contribution in [1.29, 1.82) is 0 Å². The van der Waals surface area contributed by atoms with Gasteiger partial charge in [0, 0.05) is 12.8 Å². The third kappa shape index (κ3) is 3.59. The fourth-order valence-electron chi connectivity index (χ4n) is 3.03. The lowest BCUT2D eigenvalue weighted by Crippen LogP contribution is -2.48. The predicted octanol–water partition coefficient (Wildman–Crippen LogP) is 3.24. The van der Waals surface area contributed by atoms with Crippen LogP contribution in [0.3, 0.4) is 0 Å². The Bertz CT molecular complexity index is 1000. The highest BCUT2D eigenvalue weighted by Gasteiger charge is 2.42. The van der Waals surface area contributed by atoms with Crippen molar-refractivity contribution in [2.75, 3.05) is 5.32 Å². The van der Waals surface area contributed by atoms with Crippen molar-refractivity contribution in [3.8, 4) is 0 Å². The van der Waals surface area contributed by atoms with Crippen molar-refractivity contribution < 1.29 is 14.3 Å². The van der Waals surface area contributed by atoms with Crippen molar-refractivity contribution in [3.05, 3.63) is 76.3 Å². The number of carbonyl (C=O) groups is 2. The van der Waals surface area contributed by atoms with Gasteiger partial charge in [0.05, 0.1) is 5.56 Å². The van der Waals surface area contributed by atoms with Crippen molar-refractivity contribution in [3.63, 3.8) is 0 Å². The number of cyclic esters (lactones) is 1. The second kappa shape index (κ2) is 6.92. The summed E-state index contributed by atoms with van der Waals surface area (Å²) in [6, 6.07) is 17.1. The molecule has 0 bridgehead atoms. The number of amides is 1. The smallest absolute Gasteiger partial charge is 0.339 e. The maximum Gasteiger partial charge on any atom is 0.339 e. The topological polar surface area (TPSA) is 81.2 Å². The van der Waals surface area contributed by atoms with E-state index in [4.69, 9.17) is 4.74 Å². The summed E-state index contributed by atoms with van der Waals surface area (Å²) in [5.74, 6) is -0.899. The van der Waals surface area contributed by atoms with E-state index in [0.717, 1.165) is 16.1 Å². The van der Waals surface area contributed by atoms with Crippen LogP contribution in [0.15, 0.2) is 54.6 Å². The summed E-state index contributed by atoms with van der Waals surface area (Å²) in [5, 5.41) is 12.1. The first-order valence-electron chi connectivity index (χ1n) is 8.52. The van der Waals surface area contributed by atoms with E-state index >= 15 is 0 Å². The highest BCUT2D eigenvalue weighted by atomic mass is 32.1. The largest absolute Gasteiger partial charge is 0.445 e. The monoisotopic (exact) mass is 379 g/mol. The van der Waals surface area contributed by atoms with Gasteiger partial charge >= 0.3 is 5.97 Å². The van der Waals surface area contributed by atoms with Gasteiger partial charge in [-0.05, 0) is 24.1 Å². The summed E-state index contributed by atoms with van der Waals surface area (Å²) < 4.78 is 5.44. The average Bonchev–Trinajstić information content (AvgIpc) is 3.09. The van der Waals surface area contributed by atoms with Gasteiger partial charge in [0.25, 0.3) is 5.91 Å². The van der Waals surface area contributed by atoms with Crippen molar-refractivity contribution in [2.24, 2.45) is 0 Å². The van der Waals surface area contributed by atoms with Crippen LogP contribution in [0.25, 0.3) is 0 Å². The number of benzene rings is 2. The molecule has 1 atom stereocenters. The van der Waals surface area contributed by atoms with Crippen LogP contribution >= 0.6 is 11.3 Å². The third-order valence-corrected chi connectivity index (χ3v) is 5.29. The Morgan fingerprint density at radius 1 is 1.15 bits per heavy atom. The summed E-state index contributed by atoms with van der Waals surface area (Å²) in [7, 11) is 0. The molecule has 1 aromatic heterocycles. The zero-order valence-corrected chi connectivity index (χ0v) is 15.5. The van der Waals surface area contributed by atoms with Crippen molar-refractivity contribution in [1.82, 2.24) is 10.2 Å². The molecule has 1 N–H and O–H groups in total. The van der Waals surface area contributed by atoms with Gasteiger partial charge in [0.1, 0.15) is 5.01 Å². The second-order valence-corrected chi connectivity index (χ2v) is 7.63. The van der Waals surface area contributed by atoms with Gasteiger partial charge < -0.3 is 4.74 Å². The minimum Gasteiger partial charge on any atom is -0.445 e. The van der Waals surface area contributed by atoms with E-state index in [1.807, 2.05) is 42.5 Å². The number of nitrogens with zero attached hydrogens (tertiary/aromatic N) is 2. The molecular weight excluding hydrogens is 362 g/mol. The molecule has 0 aliphatic carbocycles. The van der Waals surface area contributed by atoms with Crippen LogP contribution in [-0.2, 0) is 22.4 Å². The maximum absolute atomic E-state index is 12.8. The van der Waals surface area contributed by atoms with Crippen molar-refractivity contribution in [2.45, 2.75) is 25.4 Å². The van der Waals surface area contributed by atoms with Crippen LogP contribution in [0.2, 0.25) is 0 Å². The lowest BCUT2D eigenvalue weighted by molar-refractivity contribution is -0.134. The summed E-state index contributed by atoms with van der Waals surface area (Å²) in [5.41, 5.74) is 1.14. The second-order valence-electron chi connectivity index (χ2n) is 6.57. The Labute approximate surface area is 160 Å². The van der Waals surface area contributed by atoms with Crippen LogP contribution in [0, 0.1) is 0 Å². The molecule has 0 radical (unpaired) electrons. The number of nitrogens with one attached hydrogen (secondary N) is 1. The number of anilines is 1. The standard InChI is InChI=1S/C20H17N3O3S/c1-20(12-14-9-5-6-10-15(14)17(24)26-20)18(25)21-19-23-22-16(27-19)11-13-7-3-2-4-8-13/h2-10H,11-12H2,1H3,(H,21,23,25). The Morgan fingerprint density at radius 3 is 2.70 bits per heavy atom. The lowest BCUT2D eigenvalue weighted by Gasteiger charge is -2.32. The fourth-order valence-corrected chi connectivity index (χ4v) is 3.80. The minimum atomic E-state index is -1.28. The van der Waals surface area contributed by atoms with Gasteiger partial charge in [-0.2, -0.15) is 0 Å². The van der Waals surface area contributed by atoms with Crippen LogP contribution < -0.4 is 5.32 Å². The Hall–Kier alpha value is -3.06. The van der Waals surface area contributed by atoms with Crippen molar-refractivity contribution >= 4 is 28.3 Å². The van der Waals surface area contributed by atoms with Gasteiger partial charge in [-0.1, -0.05) is 59.9 Å². The number of aromatic nitrogens is 2. The molecule has 1 unspecified atom stereocenters. The van der Waals surface area contributed by atoms with Crippen LogP contribution in [0.1, 0.15) is 33.4 Å². The van der Waals surface area contributed by atoms with E-state index in [0.29, 0.717) is 23.5 Å². The fraction of sp³-hybridized carbons (Fsp3) is 0.200. The Morgan fingerprint density at radius 2 is 1.89 bits per heavy atom. The molecule has 3 aromatic rings. The van der Waals surface area contributed by atoms with E-state index in [1.165, 1.54) is 11.3 Å². The van der Waals surface area contributed by atoms with Gasteiger partial charge in [0.2, 0.25) is 5.13 Å². The zero-order valence-electron chi connectivity index (χ0n) is 14.6. The number of fused-ring (bicyclic) bond motifs is 1. The van der Waals surface area contributed by atoms with E-state index in [2.05, 4.69) is 15.5 Å². The van der Waals surface area contributed by atoms with Gasteiger partial charge in [-0.15, -0.1) is 10.2 Å². The molecule has 1 aliphatic rings. The molecule has 0 saturated heterocycles. The first-order chi connectivity index (χ1) is 13.0. The molecule has 4 rings (SSSR count). The SMILES string of the molecule is CC1(C(=O)Nc2nnc(Cc3ccccc3)s2)Cc2ccccc2C(=O)O1. The molecule has 1 amide bonds. The first-order valence-corrected chi connectivity index (χ1v) is 9.34. The highest BCUT2D eigenvalue weighted by molar-refractivity contribution is 7.15. The maximum atomic E-state index is 12.8. The molecule has 6 nitrogen and oxygen atoms in total. The minimum absolute atomic E-state index is 0.316. The summed E-state index contributed by atoms with van der Waals surface area (Å²) in [6.07, 6.45) is 0.963. The predicted molar refractivity (Wildman–Crippen MR) is 102 cm³/mol. The number of hydrogen-bond acceptors (Lipinski definition) is 6. The number of rotatable bonds is 4. The van der Waals surface area contributed by atoms with Crippen LogP contribution in [0.4, 0.5) is 5.13 Å². The summed E-state index contributed by atoms with van der Waals surface area (Å²) >= 11 is 1.31. The van der Waals surface area contributed by atoms with Gasteiger partial charge in [-0.3, -0.25) is 10.1 Å². The molecule has 7 heteroatoms. The normalized spacial score (nSPS) is 18.5. The van der Waals surface area contributed by atoms with Crippen LogP contribution in [0.5, 0.6) is 0 Å². The molecule has 2 heterocycles. The van der Waals surface area contributed by atoms with E-state index in [1.54, 1.807) is 19.1 Å². The number of carbonyl (C=O) groups excluding carboxylic acids is 2. The molecule has 27 heavy (non-hydrogen) atoms. The van der Waals surface area contributed by atoms with E-state index in [-0.39, 0.29) is 0 Å². The van der Waals surface area contributed by atoms with E-state index in [9.17, 15) is 9.59 Å². The highest BCUT2D eigenvalue weighted by Crippen LogP contribution is 2.29. The lowest BCUT2D eigenvalue weighted by atomic mass is 9.89.